The van der Waals surface area contributed by atoms with Gasteiger partial charge in [0.1, 0.15) is 0 Å². The van der Waals surface area contributed by atoms with Gasteiger partial charge in [0, 0.05) is 18.0 Å². The third-order valence-corrected chi connectivity index (χ3v) is 2.84. The van der Waals surface area contributed by atoms with Crippen molar-refractivity contribution in [1.82, 2.24) is 4.90 Å². The molecule has 0 saturated carbocycles. The van der Waals surface area contributed by atoms with Crippen LogP contribution in [0.1, 0.15) is 27.2 Å². The number of likely N-dealkylation sites (tertiary alicyclic amines) is 1. The first-order valence-corrected chi connectivity index (χ1v) is 4.86. The van der Waals surface area contributed by atoms with Gasteiger partial charge in [0.05, 0.1) is 0 Å². The average molecular weight is 205 g/mol. The Kier molecular flexibility index (Phi) is 2.95. The van der Waals surface area contributed by atoms with Crippen molar-refractivity contribution in [2.45, 2.75) is 38.7 Å². The van der Waals surface area contributed by atoms with E-state index in [0.29, 0.717) is 19.5 Å². The molecule has 0 aromatic rings. The molecule has 1 atom stereocenters. The number of halogens is 2. The second-order valence-corrected chi connectivity index (χ2v) is 4.89. The second kappa shape index (κ2) is 3.57. The number of aldehydes is 1. The molecule has 0 aromatic heterocycles. The summed E-state index contributed by atoms with van der Waals surface area (Å²) in [6.45, 7) is 6.95. The first-order valence-electron chi connectivity index (χ1n) is 4.86. The molecule has 1 aliphatic rings. The molecule has 1 aliphatic heterocycles. The van der Waals surface area contributed by atoms with Crippen LogP contribution in [0.4, 0.5) is 8.78 Å². The highest BCUT2D eigenvalue weighted by molar-refractivity contribution is 5.60. The van der Waals surface area contributed by atoms with Crippen LogP contribution in [0.2, 0.25) is 0 Å². The maximum Gasteiger partial charge on any atom is 0.306 e. The van der Waals surface area contributed by atoms with Crippen LogP contribution < -0.4 is 0 Å². The van der Waals surface area contributed by atoms with Gasteiger partial charge in [-0.05, 0) is 33.7 Å². The van der Waals surface area contributed by atoms with Crippen LogP contribution in [0.3, 0.4) is 0 Å². The molecule has 1 rings (SSSR count). The number of carbonyl (C=O) groups excluding carboxylic acids is 1. The third kappa shape index (κ3) is 2.29. The van der Waals surface area contributed by atoms with Crippen LogP contribution in [-0.4, -0.2) is 35.7 Å². The highest BCUT2D eigenvalue weighted by Gasteiger charge is 2.44. The Bertz CT molecular complexity index is 223. The number of carbonyl (C=O) groups is 1. The highest BCUT2D eigenvalue weighted by atomic mass is 19.3. The zero-order valence-corrected chi connectivity index (χ0v) is 8.89. The van der Waals surface area contributed by atoms with Crippen molar-refractivity contribution >= 4 is 6.29 Å². The van der Waals surface area contributed by atoms with Gasteiger partial charge < -0.3 is 0 Å². The highest BCUT2D eigenvalue weighted by Crippen LogP contribution is 2.33. The molecule has 14 heavy (non-hydrogen) atoms. The molecule has 0 aromatic carbocycles. The van der Waals surface area contributed by atoms with E-state index < -0.39 is 11.8 Å². The van der Waals surface area contributed by atoms with Crippen molar-refractivity contribution in [3.8, 4) is 0 Å². The Labute approximate surface area is 83.3 Å². The van der Waals surface area contributed by atoms with E-state index in [2.05, 4.69) is 0 Å². The van der Waals surface area contributed by atoms with E-state index in [1.807, 2.05) is 25.7 Å². The summed E-state index contributed by atoms with van der Waals surface area (Å²) >= 11 is 0. The summed E-state index contributed by atoms with van der Waals surface area (Å²) in [6, 6.07) is 0. The van der Waals surface area contributed by atoms with E-state index in [1.54, 1.807) is 0 Å². The Hall–Kier alpha value is -0.510. The molecule has 1 unspecified atom stereocenters. The van der Waals surface area contributed by atoms with Gasteiger partial charge in [0.15, 0.2) is 6.29 Å². The minimum absolute atomic E-state index is 0.0896. The Morgan fingerprint density at radius 3 is 2.29 bits per heavy atom. The molecular weight excluding hydrogens is 188 g/mol. The molecule has 2 nitrogen and oxygen atoms in total. The normalized spacial score (nSPS) is 25.4. The molecule has 0 N–H and O–H groups in total. The monoisotopic (exact) mass is 205 g/mol. The summed E-state index contributed by atoms with van der Waals surface area (Å²) in [7, 11) is 0. The lowest BCUT2D eigenvalue weighted by molar-refractivity contribution is -0.136. The van der Waals surface area contributed by atoms with Crippen molar-refractivity contribution in [1.29, 1.82) is 0 Å². The minimum atomic E-state index is -3.15. The number of nitrogens with zero attached hydrogens (tertiary/aromatic N) is 1. The smallest absolute Gasteiger partial charge is 0.298 e. The SMILES string of the molecule is CC(C)(C)N1CCC(C(F)(F)C=O)C1. The molecule has 0 spiro atoms. The fourth-order valence-corrected chi connectivity index (χ4v) is 1.78. The zero-order valence-electron chi connectivity index (χ0n) is 8.89. The number of hydrogen-bond donors (Lipinski definition) is 0. The Balaban J connectivity index is 2.62. The van der Waals surface area contributed by atoms with Crippen LogP contribution >= 0.6 is 0 Å². The fraction of sp³-hybridized carbons (Fsp3) is 0.900. The van der Waals surface area contributed by atoms with Crippen LogP contribution in [0.15, 0.2) is 0 Å². The zero-order chi connectivity index (χ0) is 11.0. The quantitative estimate of drug-likeness (QED) is 0.642. The van der Waals surface area contributed by atoms with Gasteiger partial charge in [-0.3, -0.25) is 9.69 Å². The molecule has 0 aliphatic carbocycles. The maximum absolute atomic E-state index is 13.0. The molecule has 1 heterocycles. The number of alkyl halides is 2. The topological polar surface area (TPSA) is 20.3 Å². The molecule has 4 heteroatoms. The van der Waals surface area contributed by atoms with Crippen LogP contribution in [0, 0.1) is 5.92 Å². The summed E-state index contributed by atoms with van der Waals surface area (Å²) in [4.78, 5) is 12.2. The van der Waals surface area contributed by atoms with Crippen LogP contribution in [0.5, 0.6) is 0 Å². The van der Waals surface area contributed by atoms with Crippen molar-refractivity contribution in [3.05, 3.63) is 0 Å². The standard InChI is InChI=1S/C10H17F2NO/c1-9(2,3)13-5-4-8(6-13)10(11,12)7-14/h7-8H,4-6H2,1-3H3. The van der Waals surface area contributed by atoms with E-state index in [4.69, 9.17) is 0 Å². The van der Waals surface area contributed by atoms with Gasteiger partial charge in [-0.25, -0.2) is 0 Å². The number of rotatable bonds is 2. The average Bonchev–Trinajstić information content (AvgIpc) is 2.51. The molecule has 82 valence electrons. The first-order chi connectivity index (χ1) is 6.27. The summed E-state index contributed by atoms with van der Waals surface area (Å²) in [5, 5.41) is 0. The lowest BCUT2D eigenvalue weighted by Gasteiger charge is -2.32. The van der Waals surface area contributed by atoms with Gasteiger partial charge in [-0.1, -0.05) is 0 Å². The minimum Gasteiger partial charge on any atom is -0.298 e. The predicted octanol–water partition coefficient (Wildman–Crippen LogP) is 1.94. The number of hydrogen-bond acceptors (Lipinski definition) is 2. The van der Waals surface area contributed by atoms with E-state index >= 15 is 0 Å². The van der Waals surface area contributed by atoms with E-state index in [1.165, 1.54) is 0 Å². The van der Waals surface area contributed by atoms with Crippen molar-refractivity contribution < 1.29 is 13.6 Å². The van der Waals surface area contributed by atoms with Crippen LogP contribution in [-0.2, 0) is 4.79 Å². The lowest BCUT2D eigenvalue weighted by atomic mass is 10.0. The van der Waals surface area contributed by atoms with E-state index in [9.17, 15) is 13.6 Å². The third-order valence-electron chi connectivity index (χ3n) is 2.84. The Morgan fingerprint density at radius 1 is 1.36 bits per heavy atom. The van der Waals surface area contributed by atoms with Crippen molar-refractivity contribution in [2.75, 3.05) is 13.1 Å². The van der Waals surface area contributed by atoms with E-state index in [0.717, 1.165) is 0 Å². The van der Waals surface area contributed by atoms with Crippen molar-refractivity contribution in [2.24, 2.45) is 5.92 Å². The summed E-state index contributed by atoms with van der Waals surface area (Å²) in [5.74, 6) is -3.96. The first kappa shape index (κ1) is 11.6. The fourth-order valence-electron chi connectivity index (χ4n) is 1.78. The molecule has 0 bridgehead atoms. The largest absolute Gasteiger partial charge is 0.306 e. The van der Waals surface area contributed by atoms with Crippen LogP contribution in [0.25, 0.3) is 0 Å². The molecule has 0 amide bonds. The van der Waals surface area contributed by atoms with Crippen molar-refractivity contribution in [3.63, 3.8) is 0 Å². The van der Waals surface area contributed by atoms with Gasteiger partial charge in [-0.2, -0.15) is 8.78 Å². The predicted molar refractivity (Wildman–Crippen MR) is 50.4 cm³/mol. The summed E-state index contributed by atoms with van der Waals surface area (Å²) < 4.78 is 26.0. The van der Waals surface area contributed by atoms with Gasteiger partial charge >= 0.3 is 5.92 Å². The van der Waals surface area contributed by atoms with Gasteiger partial charge in [-0.15, -0.1) is 0 Å². The lowest BCUT2D eigenvalue weighted by Crippen LogP contribution is -2.41. The second-order valence-electron chi connectivity index (χ2n) is 4.89. The maximum atomic E-state index is 13.0. The van der Waals surface area contributed by atoms with E-state index in [-0.39, 0.29) is 11.8 Å². The van der Waals surface area contributed by atoms with Gasteiger partial charge in [0.2, 0.25) is 0 Å². The van der Waals surface area contributed by atoms with Gasteiger partial charge in [0.25, 0.3) is 0 Å². The summed E-state index contributed by atoms with van der Waals surface area (Å²) in [6.07, 6.45) is 0.187. The Morgan fingerprint density at radius 2 is 1.93 bits per heavy atom. The molecule has 1 fully saturated rings. The summed E-state index contributed by atoms with van der Waals surface area (Å²) in [5.41, 5.74) is -0.0896. The molecular formula is C10H17F2NO. The molecule has 1 saturated heterocycles. The molecule has 0 radical (unpaired) electrons.